The Balaban J connectivity index is 1.69. The molecule has 0 bridgehead atoms. The Morgan fingerprint density at radius 1 is 1.17 bits per heavy atom. The first-order valence-electron chi connectivity index (χ1n) is 7.12. The number of hydrogen-bond donors (Lipinski definition) is 1. The highest BCUT2D eigenvalue weighted by atomic mass is 16.3. The molecule has 1 aromatic rings. The Morgan fingerprint density at radius 2 is 2.00 bits per heavy atom. The standard InChI is InChI=1S/C17H22O/c18-17-13-7-12-16(14-17)11-6-2-5-10-15-8-3-1-4-9-15/h7,12-15,18H,1-5,8-10H2. The van der Waals surface area contributed by atoms with E-state index in [2.05, 4.69) is 11.8 Å². The van der Waals surface area contributed by atoms with Gasteiger partial charge in [0.05, 0.1) is 0 Å². The third-order valence-electron chi connectivity index (χ3n) is 3.72. The molecule has 0 aliphatic heterocycles. The highest BCUT2D eigenvalue weighted by Gasteiger charge is 2.11. The molecule has 0 atom stereocenters. The molecule has 1 aliphatic rings. The van der Waals surface area contributed by atoms with E-state index in [-0.39, 0.29) is 0 Å². The summed E-state index contributed by atoms with van der Waals surface area (Å²) in [5.74, 6) is 7.58. The highest BCUT2D eigenvalue weighted by Crippen LogP contribution is 2.27. The van der Waals surface area contributed by atoms with Gasteiger partial charge < -0.3 is 5.11 Å². The Labute approximate surface area is 110 Å². The molecule has 0 saturated heterocycles. The van der Waals surface area contributed by atoms with E-state index in [4.69, 9.17) is 0 Å². The van der Waals surface area contributed by atoms with Gasteiger partial charge in [0.1, 0.15) is 5.75 Å². The van der Waals surface area contributed by atoms with Crippen molar-refractivity contribution in [3.05, 3.63) is 29.8 Å². The van der Waals surface area contributed by atoms with Crippen LogP contribution in [-0.2, 0) is 0 Å². The van der Waals surface area contributed by atoms with Crippen molar-refractivity contribution in [2.75, 3.05) is 0 Å². The molecular weight excluding hydrogens is 220 g/mol. The Morgan fingerprint density at radius 3 is 2.78 bits per heavy atom. The molecule has 0 aromatic heterocycles. The van der Waals surface area contributed by atoms with Crippen molar-refractivity contribution < 1.29 is 5.11 Å². The number of aromatic hydroxyl groups is 1. The molecular formula is C17H22O. The Bertz CT molecular complexity index is 419. The fourth-order valence-corrected chi connectivity index (χ4v) is 2.70. The van der Waals surface area contributed by atoms with Crippen LogP contribution in [0.4, 0.5) is 0 Å². The van der Waals surface area contributed by atoms with Crippen LogP contribution in [0.15, 0.2) is 24.3 Å². The summed E-state index contributed by atoms with van der Waals surface area (Å²) < 4.78 is 0. The second-order valence-electron chi connectivity index (χ2n) is 5.25. The number of hydrogen-bond acceptors (Lipinski definition) is 1. The van der Waals surface area contributed by atoms with Gasteiger partial charge in [0, 0.05) is 12.0 Å². The van der Waals surface area contributed by atoms with Crippen LogP contribution in [0, 0.1) is 17.8 Å². The molecule has 0 unspecified atom stereocenters. The van der Waals surface area contributed by atoms with Crippen molar-refractivity contribution in [2.24, 2.45) is 5.92 Å². The van der Waals surface area contributed by atoms with Gasteiger partial charge >= 0.3 is 0 Å². The van der Waals surface area contributed by atoms with E-state index in [1.807, 2.05) is 12.1 Å². The zero-order valence-corrected chi connectivity index (χ0v) is 11.0. The van der Waals surface area contributed by atoms with Crippen molar-refractivity contribution in [1.82, 2.24) is 0 Å². The summed E-state index contributed by atoms with van der Waals surface area (Å²) >= 11 is 0. The van der Waals surface area contributed by atoms with Gasteiger partial charge in [-0.25, -0.2) is 0 Å². The minimum atomic E-state index is 0.295. The van der Waals surface area contributed by atoms with E-state index in [1.165, 1.54) is 44.9 Å². The van der Waals surface area contributed by atoms with Crippen molar-refractivity contribution >= 4 is 0 Å². The molecule has 1 heteroatoms. The van der Waals surface area contributed by atoms with E-state index in [1.54, 1.807) is 12.1 Å². The SMILES string of the molecule is Oc1cccc(C#CCCCC2CCCCC2)c1. The van der Waals surface area contributed by atoms with E-state index in [9.17, 15) is 5.11 Å². The van der Waals surface area contributed by atoms with E-state index >= 15 is 0 Å². The number of phenols is 1. The monoisotopic (exact) mass is 242 g/mol. The summed E-state index contributed by atoms with van der Waals surface area (Å²) in [6.45, 7) is 0. The van der Waals surface area contributed by atoms with Crippen molar-refractivity contribution in [3.63, 3.8) is 0 Å². The van der Waals surface area contributed by atoms with Crippen molar-refractivity contribution in [3.8, 4) is 17.6 Å². The number of unbranched alkanes of at least 4 members (excludes halogenated alkanes) is 1. The zero-order valence-electron chi connectivity index (χ0n) is 11.0. The van der Waals surface area contributed by atoms with Crippen LogP contribution in [0.5, 0.6) is 5.75 Å². The van der Waals surface area contributed by atoms with Gasteiger partial charge in [-0.2, -0.15) is 0 Å². The molecule has 1 N–H and O–H groups in total. The zero-order chi connectivity index (χ0) is 12.6. The molecule has 1 fully saturated rings. The lowest BCUT2D eigenvalue weighted by Gasteiger charge is -2.20. The van der Waals surface area contributed by atoms with Gasteiger partial charge in [-0.05, 0) is 37.0 Å². The summed E-state index contributed by atoms with van der Waals surface area (Å²) in [5, 5.41) is 9.32. The van der Waals surface area contributed by atoms with Crippen LogP contribution >= 0.6 is 0 Å². The molecule has 0 amide bonds. The molecule has 1 nitrogen and oxygen atoms in total. The summed E-state index contributed by atoms with van der Waals surface area (Å²) in [5.41, 5.74) is 0.910. The normalized spacial score (nSPS) is 16.0. The number of phenolic OH excluding ortho intramolecular Hbond substituents is 1. The van der Waals surface area contributed by atoms with Crippen LogP contribution in [0.3, 0.4) is 0 Å². The minimum Gasteiger partial charge on any atom is -0.508 e. The van der Waals surface area contributed by atoms with Gasteiger partial charge in [-0.1, -0.05) is 50.0 Å². The number of benzene rings is 1. The highest BCUT2D eigenvalue weighted by molar-refractivity contribution is 5.38. The van der Waals surface area contributed by atoms with Gasteiger partial charge in [-0.3, -0.25) is 0 Å². The summed E-state index contributed by atoms with van der Waals surface area (Å²) in [6, 6.07) is 7.16. The first-order valence-corrected chi connectivity index (χ1v) is 7.12. The summed E-state index contributed by atoms with van der Waals surface area (Å²) in [6.07, 6.45) is 10.7. The van der Waals surface area contributed by atoms with Crippen LogP contribution in [0.2, 0.25) is 0 Å². The van der Waals surface area contributed by atoms with Crippen LogP contribution in [0.1, 0.15) is 56.9 Å². The molecule has 0 radical (unpaired) electrons. The van der Waals surface area contributed by atoms with Gasteiger partial charge in [0.15, 0.2) is 0 Å². The maximum Gasteiger partial charge on any atom is 0.116 e. The third kappa shape index (κ3) is 4.45. The molecule has 1 aliphatic carbocycles. The molecule has 1 saturated carbocycles. The van der Waals surface area contributed by atoms with Gasteiger partial charge in [0.2, 0.25) is 0 Å². The van der Waals surface area contributed by atoms with Crippen molar-refractivity contribution in [1.29, 1.82) is 0 Å². The molecule has 1 aromatic carbocycles. The third-order valence-corrected chi connectivity index (χ3v) is 3.72. The van der Waals surface area contributed by atoms with Gasteiger partial charge in [0.25, 0.3) is 0 Å². The average molecular weight is 242 g/mol. The largest absolute Gasteiger partial charge is 0.508 e. The van der Waals surface area contributed by atoms with Crippen molar-refractivity contribution in [2.45, 2.75) is 51.4 Å². The first-order chi connectivity index (χ1) is 8.84. The second kappa shape index (κ2) is 7.11. The quantitative estimate of drug-likeness (QED) is 0.611. The number of rotatable bonds is 3. The maximum absolute atomic E-state index is 9.32. The lowest BCUT2D eigenvalue weighted by molar-refractivity contribution is 0.334. The molecule has 18 heavy (non-hydrogen) atoms. The maximum atomic E-state index is 9.32. The van der Waals surface area contributed by atoms with Crippen LogP contribution in [0.25, 0.3) is 0 Å². The van der Waals surface area contributed by atoms with E-state index in [0.29, 0.717) is 5.75 Å². The lowest BCUT2D eigenvalue weighted by atomic mass is 9.86. The van der Waals surface area contributed by atoms with E-state index in [0.717, 1.165) is 17.9 Å². The fraction of sp³-hybridized carbons (Fsp3) is 0.529. The molecule has 0 spiro atoms. The van der Waals surface area contributed by atoms with Gasteiger partial charge in [-0.15, -0.1) is 0 Å². The molecule has 0 heterocycles. The Hall–Kier alpha value is -1.42. The van der Waals surface area contributed by atoms with Crippen LogP contribution < -0.4 is 0 Å². The second-order valence-corrected chi connectivity index (χ2v) is 5.25. The minimum absolute atomic E-state index is 0.295. The Kier molecular flexibility index (Phi) is 5.15. The molecule has 2 rings (SSSR count). The lowest BCUT2D eigenvalue weighted by Crippen LogP contribution is -2.05. The summed E-state index contributed by atoms with van der Waals surface area (Å²) in [7, 11) is 0. The summed E-state index contributed by atoms with van der Waals surface area (Å²) in [4.78, 5) is 0. The predicted octanol–water partition coefficient (Wildman–Crippen LogP) is 4.49. The average Bonchev–Trinajstić information content (AvgIpc) is 2.40. The smallest absolute Gasteiger partial charge is 0.116 e. The fourth-order valence-electron chi connectivity index (χ4n) is 2.70. The van der Waals surface area contributed by atoms with Crippen LogP contribution in [-0.4, -0.2) is 5.11 Å². The van der Waals surface area contributed by atoms with E-state index < -0.39 is 0 Å². The molecule has 96 valence electrons. The predicted molar refractivity (Wildman–Crippen MR) is 75.4 cm³/mol. The first kappa shape index (κ1) is 13.0. The topological polar surface area (TPSA) is 20.2 Å².